The van der Waals surface area contributed by atoms with E-state index in [2.05, 4.69) is 0 Å². The molecular formula is C10H7Cl2O2SZr. The number of benzene rings is 1. The van der Waals surface area contributed by atoms with Crippen LogP contribution >= 0.6 is 11.3 Å². The molecule has 0 N–H and O–H groups in total. The van der Waals surface area contributed by atoms with Gasteiger partial charge in [-0.25, -0.2) is 0 Å². The van der Waals surface area contributed by atoms with Crippen LogP contribution in [0.5, 0.6) is 16.6 Å². The summed E-state index contributed by atoms with van der Waals surface area (Å²) in [7, 11) is 0. The Hall–Kier alpha value is -0.0169. The summed E-state index contributed by atoms with van der Waals surface area (Å²) in [4.78, 5) is 0. The van der Waals surface area contributed by atoms with Gasteiger partial charge in [-0.3, -0.25) is 0 Å². The van der Waals surface area contributed by atoms with Gasteiger partial charge in [-0.15, -0.1) is 0 Å². The van der Waals surface area contributed by atoms with E-state index in [1.54, 1.807) is 11.3 Å². The first-order chi connectivity index (χ1) is 6.90. The number of ether oxygens (including phenoxy) is 1. The summed E-state index contributed by atoms with van der Waals surface area (Å²) in [6.07, 6.45) is 0. The van der Waals surface area contributed by atoms with Gasteiger partial charge in [-0.1, -0.05) is 0 Å². The summed E-state index contributed by atoms with van der Waals surface area (Å²) in [5, 5.41) is 2.86. The molecule has 0 aliphatic carbocycles. The van der Waals surface area contributed by atoms with Gasteiger partial charge < -0.3 is 24.8 Å². The maximum absolute atomic E-state index is 5.65. The second kappa shape index (κ2) is 8.13. The van der Waals surface area contributed by atoms with Crippen LogP contribution in [0.15, 0.2) is 41.8 Å². The van der Waals surface area contributed by atoms with E-state index >= 15 is 0 Å². The fourth-order valence-electron chi connectivity index (χ4n) is 1.05. The van der Waals surface area contributed by atoms with Crippen molar-refractivity contribution in [3.05, 3.63) is 41.8 Å². The van der Waals surface area contributed by atoms with Crippen LogP contribution in [-0.4, -0.2) is 0 Å². The van der Waals surface area contributed by atoms with Crippen molar-refractivity contribution in [2.45, 2.75) is 0 Å². The quantitative estimate of drug-likeness (QED) is 0.602. The van der Waals surface area contributed by atoms with Crippen LogP contribution in [0.25, 0.3) is 0 Å². The summed E-state index contributed by atoms with van der Waals surface area (Å²) in [5.74, 6) is 1.56. The molecule has 0 saturated heterocycles. The topological polar surface area (TPSA) is 18.5 Å². The van der Waals surface area contributed by atoms with E-state index in [4.69, 9.17) is 7.55 Å². The molecule has 0 saturated carbocycles. The Morgan fingerprint density at radius 2 is 1.62 bits per heavy atom. The number of thiophene rings is 1. The number of para-hydroxylation sites is 2. The van der Waals surface area contributed by atoms with Crippen LogP contribution in [0.1, 0.15) is 0 Å². The van der Waals surface area contributed by atoms with Gasteiger partial charge in [-0.05, 0) is 0 Å². The molecule has 0 amide bonds. The van der Waals surface area contributed by atoms with Gasteiger partial charge in [0.15, 0.2) is 0 Å². The van der Waals surface area contributed by atoms with Crippen LogP contribution in [0.3, 0.4) is 0 Å². The zero-order chi connectivity index (χ0) is 9.80. The second-order valence-corrected chi connectivity index (χ2v) is 3.99. The molecule has 0 atom stereocenters. The number of hydrogen-bond donors (Lipinski definition) is 0. The predicted octanol–water partition coefficient (Wildman–Crippen LogP) is -2.61. The molecule has 2 nitrogen and oxygen atoms in total. The van der Waals surface area contributed by atoms with Crippen LogP contribution in [0.2, 0.25) is 0 Å². The third-order valence-electron chi connectivity index (χ3n) is 1.66. The van der Waals surface area contributed by atoms with Gasteiger partial charge in [0.05, 0.1) is 0 Å². The normalized spacial score (nSPS) is 8.62. The van der Waals surface area contributed by atoms with Crippen molar-refractivity contribution in [1.82, 2.24) is 0 Å². The van der Waals surface area contributed by atoms with Crippen molar-refractivity contribution in [3.8, 4) is 16.6 Å². The zero-order valence-electron chi connectivity index (χ0n) is 8.02. The van der Waals surface area contributed by atoms with Crippen molar-refractivity contribution < 1.29 is 57.5 Å². The molecule has 1 aromatic heterocycles. The maximum atomic E-state index is 5.65. The first kappa shape index (κ1) is 16.0. The fraction of sp³-hybridized carbons (Fsp3) is 0. The van der Waals surface area contributed by atoms with E-state index in [-0.39, 0.29) is 24.8 Å². The Bertz CT molecular complexity index is 409. The Balaban J connectivity index is 0.00000112. The van der Waals surface area contributed by atoms with Gasteiger partial charge >= 0.3 is 102 Å². The molecule has 0 fully saturated rings. The number of rotatable bonds is 3. The Kier molecular flexibility index (Phi) is 8.12. The molecular weight excluding hydrogens is 346 g/mol. The predicted molar refractivity (Wildman–Crippen MR) is 51.5 cm³/mol. The minimum absolute atomic E-state index is 0. The fourth-order valence-corrected chi connectivity index (χ4v) is 2.05. The molecule has 0 radical (unpaired) electrons. The molecule has 0 unspecified atom stereocenters. The molecule has 16 heavy (non-hydrogen) atoms. The average molecular weight is 353 g/mol. The number of hydrogen-bond acceptors (Lipinski definition) is 3. The summed E-state index contributed by atoms with van der Waals surface area (Å²) >= 11 is 2.58. The second-order valence-electron chi connectivity index (χ2n) is 2.58. The standard InChI is InChI=1S/C10H8O2S.2ClH.Zr/c11-8-4-1-2-5-9(8)12-10-6-3-7-13-10;;;/h1-7,11H;2*1H;/q;;;+3/p-3. The first-order valence-corrected chi connectivity index (χ1v) is 5.92. The summed E-state index contributed by atoms with van der Waals surface area (Å²) < 4.78 is 10.9. The van der Waals surface area contributed by atoms with Gasteiger partial charge in [0, 0.05) is 0 Å². The zero-order valence-corrected chi connectivity index (χ0v) is 12.8. The average Bonchev–Trinajstić information content (AvgIpc) is 2.71. The van der Waals surface area contributed by atoms with Crippen LogP contribution in [0, 0.1) is 0 Å². The van der Waals surface area contributed by atoms with Crippen LogP contribution in [0.4, 0.5) is 0 Å². The molecule has 0 aliphatic rings. The molecule has 1 aromatic carbocycles. The molecule has 0 spiro atoms. The van der Waals surface area contributed by atoms with E-state index in [0.29, 0.717) is 0 Å². The van der Waals surface area contributed by atoms with E-state index < -0.39 is 0 Å². The third kappa shape index (κ3) is 4.10. The molecule has 2 rings (SSSR count). The minimum atomic E-state index is 0. The molecule has 83 valence electrons. The van der Waals surface area contributed by atoms with E-state index in [9.17, 15) is 0 Å². The van der Waals surface area contributed by atoms with Gasteiger partial charge in [-0.2, -0.15) is 0 Å². The molecule has 0 bridgehead atoms. The van der Waals surface area contributed by atoms with E-state index in [1.165, 1.54) is 0 Å². The first-order valence-electron chi connectivity index (χ1n) is 4.04. The Morgan fingerprint density at radius 3 is 2.19 bits per heavy atom. The van der Waals surface area contributed by atoms with Crippen LogP contribution in [-0.2, 0) is 25.2 Å². The van der Waals surface area contributed by atoms with Gasteiger partial charge in [0.2, 0.25) is 0 Å². The number of halogens is 2. The molecule has 2 aromatic rings. The third-order valence-corrected chi connectivity index (χ3v) is 2.95. The molecule has 0 aliphatic heterocycles. The van der Waals surface area contributed by atoms with Gasteiger partial charge in [0.1, 0.15) is 0 Å². The SMILES string of the molecule is [Cl-].[Cl-].[Zr+2][O]c1ccccc1Oc1cccs1. The van der Waals surface area contributed by atoms with E-state index in [1.807, 2.05) is 41.8 Å². The Labute approximate surface area is 126 Å². The van der Waals surface area contributed by atoms with Crippen molar-refractivity contribution in [2.75, 3.05) is 0 Å². The summed E-state index contributed by atoms with van der Waals surface area (Å²) in [6, 6.07) is 11.6. The molecule has 6 heteroatoms. The summed E-state index contributed by atoms with van der Waals surface area (Å²) in [6.45, 7) is 0. The van der Waals surface area contributed by atoms with E-state index in [0.717, 1.165) is 41.7 Å². The van der Waals surface area contributed by atoms with Crippen molar-refractivity contribution in [3.63, 3.8) is 0 Å². The van der Waals surface area contributed by atoms with Crippen molar-refractivity contribution in [2.24, 2.45) is 0 Å². The molecule has 1 heterocycles. The monoisotopic (exact) mass is 351 g/mol. The Morgan fingerprint density at radius 1 is 0.938 bits per heavy atom. The summed E-state index contributed by atoms with van der Waals surface area (Å²) in [5.41, 5.74) is 0. The van der Waals surface area contributed by atoms with Crippen molar-refractivity contribution in [1.29, 1.82) is 0 Å². The van der Waals surface area contributed by atoms with Crippen LogP contribution < -0.4 is 32.4 Å². The van der Waals surface area contributed by atoms with Crippen molar-refractivity contribution >= 4 is 11.3 Å². The van der Waals surface area contributed by atoms with Gasteiger partial charge in [0.25, 0.3) is 0 Å².